The van der Waals surface area contributed by atoms with Crippen LogP contribution in [-0.2, 0) is 0 Å². The summed E-state index contributed by atoms with van der Waals surface area (Å²) < 4.78 is 16.0. The average Bonchev–Trinajstić information content (AvgIpc) is 2.82. The molecule has 1 aromatic carbocycles. The van der Waals surface area contributed by atoms with E-state index in [1.54, 1.807) is 26.0 Å². The summed E-state index contributed by atoms with van der Waals surface area (Å²) in [6.07, 6.45) is 0. The van der Waals surface area contributed by atoms with Crippen molar-refractivity contribution in [3.8, 4) is 5.69 Å². The number of carbonyl (C=O) groups excluding carboxylic acids is 1. The highest BCUT2D eigenvalue weighted by molar-refractivity contribution is 5.89. The maximum absolute atomic E-state index is 14.5. The minimum Gasteiger partial charge on any atom is -0.389 e. The maximum Gasteiger partial charge on any atom is 0.321 e. The van der Waals surface area contributed by atoms with Crippen LogP contribution in [0.1, 0.15) is 32.2 Å². The molecule has 0 bridgehead atoms. The second-order valence-corrected chi connectivity index (χ2v) is 6.76. The maximum atomic E-state index is 14.5. The Kier molecular flexibility index (Phi) is 5.47. The van der Waals surface area contributed by atoms with Crippen LogP contribution in [0.3, 0.4) is 0 Å². The van der Waals surface area contributed by atoms with Crippen LogP contribution in [0.4, 0.5) is 14.9 Å². The van der Waals surface area contributed by atoms with Gasteiger partial charge in [0.2, 0.25) is 0 Å². The van der Waals surface area contributed by atoms with E-state index in [0.29, 0.717) is 17.9 Å². The van der Waals surface area contributed by atoms with Crippen molar-refractivity contribution in [3.63, 3.8) is 0 Å². The number of nitrogens with one attached hydrogen (secondary N) is 1. The highest BCUT2D eigenvalue weighted by atomic mass is 19.1. The number of aromatic nitrogens is 2. The third kappa shape index (κ3) is 4.79. The van der Waals surface area contributed by atoms with Crippen molar-refractivity contribution >= 4 is 11.7 Å². The van der Waals surface area contributed by atoms with E-state index in [1.165, 1.54) is 15.6 Å². The van der Waals surface area contributed by atoms with Gasteiger partial charge in [0.15, 0.2) is 5.82 Å². The van der Waals surface area contributed by atoms with Gasteiger partial charge in [-0.1, -0.05) is 0 Å². The summed E-state index contributed by atoms with van der Waals surface area (Å²) in [5.41, 5.74) is 1.31. The molecule has 1 heterocycles. The number of hydrogen-bond acceptors (Lipinski definition) is 3. The molecule has 0 aliphatic carbocycles. The standard InChI is InChI=1S/C18H25FN4O2/c1-6-22(11-18(4,5)25)17(24)20-14-7-8-16(15(19)10-14)23-13(3)9-12(2)21-23/h7-10,25H,6,11H2,1-5H3,(H,20,24). The number of aliphatic hydroxyl groups is 1. The number of rotatable bonds is 5. The lowest BCUT2D eigenvalue weighted by Gasteiger charge is -2.28. The molecule has 2 rings (SSSR count). The molecule has 0 unspecified atom stereocenters. The molecule has 2 N–H and O–H groups in total. The SMILES string of the molecule is CCN(CC(C)(C)O)C(=O)Nc1ccc(-n2nc(C)cc2C)c(F)c1. The molecule has 2 aromatic rings. The molecule has 25 heavy (non-hydrogen) atoms. The summed E-state index contributed by atoms with van der Waals surface area (Å²) in [5, 5.41) is 16.8. The van der Waals surface area contributed by atoms with E-state index in [2.05, 4.69) is 10.4 Å². The lowest BCUT2D eigenvalue weighted by atomic mass is 10.1. The number of likely N-dealkylation sites (N-methyl/N-ethyl adjacent to an activating group) is 1. The predicted octanol–water partition coefficient (Wildman–Crippen LogP) is 3.25. The summed E-state index contributed by atoms with van der Waals surface area (Å²) >= 11 is 0. The summed E-state index contributed by atoms with van der Waals surface area (Å²) in [4.78, 5) is 13.8. The number of hydrogen-bond donors (Lipinski definition) is 2. The summed E-state index contributed by atoms with van der Waals surface area (Å²) in [5.74, 6) is -0.477. The Hall–Kier alpha value is -2.41. The summed E-state index contributed by atoms with van der Waals surface area (Å²) in [7, 11) is 0. The zero-order valence-electron chi connectivity index (χ0n) is 15.3. The number of carbonyl (C=O) groups is 1. The fourth-order valence-electron chi connectivity index (χ4n) is 2.63. The van der Waals surface area contributed by atoms with Gasteiger partial charge in [-0.3, -0.25) is 0 Å². The molecule has 7 heteroatoms. The normalized spacial score (nSPS) is 11.5. The molecule has 0 atom stereocenters. The van der Waals surface area contributed by atoms with Gasteiger partial charge in [-0.2, -0.15) is 5.10 Å². The smallest absolute Gasteiger partial charge is 0.321 e. The number of benzene rings is 1. The highest BCUT2D eigenvalue weighted by Crippen LogP contribution is 2.20. The molecule has 6 nitrogen and oxygen atoms in total. The van der Waals surface area contributed by atoms with Crippen LogP contribution in [0, 0.1) is 19.7 Å². The molecule has 0 radical (unpaired) electrons. The molecule has 2 amide bonds. The van der Waals surface area contributed by atoms with Gasteiger partial charge in [0.1, 0.15) is 5.69 Å². The quantitative estimate of drug-likeness (QED) is 0.871. The van der Waals surface area contributed by atoms with E-state index in [4.69, 9.17) is 0 Å². The number of nitrogens with zero attached hydrogens (tertiary/aromatic N) is 3. The molecule has 0 fully saturated rings. The van der Waals surface area contributed by atoms with Crippen LogP contribution in [0.5, 0.6) is 0 Å². The van der Waals surface area contributed by atoms with Gasteiger partial charge in [-0.05, 0) is 58.9 Å². The van der Waals surface area contributed by atoms with Gasteiger partial charge in [-0.25, -0.2) is 13.9 Å². The molecular weight excluding hydrogens is 323 g/mol. The third-order valence-corrected chi connectivity index (χ3v) is 3.68. The first-order valence-corrected chi connectivity index (χ1v) is 8.22. The van der Waals surface area contributed by atoms with Crippen molar-refractivity contribution in [3.05, 3.63) is 41.5 Å². The lowest BCUT2D eigenvalue weighted by molar-refractivity contribution is 0.0501. The van der Waals surface area contributed by atoms with Gasteiger partial charge < -0.3 is 15.3 Å². The van der Waals surface area contributed by atoms with Gasteiger partial charge in [0, 0.05) is 17.9 Å². The van der Waals surface area contributed by atoms with Crippen molar-refractivity contribution in [2.45, 2.75) is 40.2 Å². The predicted molar refractivity (Wildman–Crippen MR) is 95.6 cm³/mol. The monoisotopic (exact) mass is 348 g/mol. The van der Waals surface area contributed by atoms with E-state index in [-0.39, 0.29) is 12.6 Å². The van der Waals surface area contributed by atoms with Crippen LogP contribution in [0.25, 0.3) is 5.69 Å². The van der Waals surface area contributed by atoms with E-state index in [0.717, 1.165) is 11.4 Å². The van der Waals surface area contributed by atoms with Crippen LogP contribution < -0.4 is 5.32 Å². The fourth-order valence-corrected chi connectivity index (χ4v) is 2.63. The summed E-state index contributed by atoms with van der Waals surface area (Å²) in [6, 6.07) is 5.95. The molecule has 136 valence electrons. The zero-order valence-corrected chi connectivity index (χ0v) is 15.3. The fraction of sp³-hybridized carbons (Fsp3) is 0.444. The second kappa shape index (κ2) is 7.23. The Bertz CT molecular complexity index is 765. The van der Waals surface area contributed by atoms with E-state index in [9.17, 15) is 14.3 Å². The van der Waals surface area contributed by atoms with Crippen LogP contribution in [0.15, 0.2) is 24.3 Å². The number of anilines is 1. The highest BCUT2D eigenvalue weighted by Gasteiger charge is 2.21. The van der Waals surface area contributed by atoms with Crippen LogP contribution >= 0.6 is 0 Å². The van der Waals surface area contributed by atoms with Crippen molar-refractivity contribution < 1.29 is 14.3 Å². The Balaban J connectivity index is 2.17. The summed E-state index contributed by atoms with van der Waals surface area (Å²) in [6.45, 7) is 9.39. The first kappa shape index (κ1) is 18.9. The second-order valence-electron chi connectivity index (χ2n) is 6.76. The zero-order chi connectivity index (χ0) is 18.8. The van der Waals surface area contributed by atoms with E-state index >= 15 is 0 Å². The van der Waals surface area contributed by atoms with E-state index < -0.39 is 11.4 Å². The topological polar surface area (TPSA) is 70.4 Å². The third-order valence-electron chi connectivity index (χ3n) is 3.68. The Morgan fingerprint density at radius 2 is 2.04 bits per heavy atom. The molecular formula is C18H25FN4O2. The molecule has 1 aromatic heterocycles. The Labute approximate surface area is 147 Å². The molecule has 0 aliphatic rings. The van der Waals surface area contributed by atoms with Crippen LogP contribution in [0.2, 0.25) is 0 Å². The molecule has 0 saturated heterocycles. The van der Waals surface area contributed by atoms with Gasteiger partial charge in [0.05, 0.1) is 17.8 Å². The number of aryl methyl sites for hydroxylation is 2. The minimum absolute atomic E-state index is 0.182. The first-order chi connectivity index (χ1) is 11.6. The van der Waals surface area contributed by atoms with Crippen molar-refractivity contribution in [2.75, 3.05) is 18.4 Å². The first-order valence-electron chi connectivity index (χ1n) is 8.22. The van der Waals surface area contributed by atoms with Crippen molar-refractivity contribution in [1.29, 1.82) is 0 Å². The number of amides is 2. The largest absolute Gasteiger partial charge is 0.389 e. The van der Waals surface area contributed by atoms with Gasteiger partial charge in [-0.15, -0.1) is 0 Å². The van der Waals surface area contributed by atoms with Crippen molar-refractivity contribution in [2.24, 2.45) is 0 Å². The molecule has 0 saturated carbocycles. The Morgan fingerprint density at radius 3 is 2.52 bits per heavy atom. The van der Waals surface area contributed by atoms with Gasteiger partial charge >= 0.3 is 6.03 Å². The number of urea groups is 1. The minimum atomic E-state index is -1.00. The Morgan fingerprint density at radius 1 is 1.36 bits per heavy atom. The van der Waals surface area contributed by atoms with Crippen LogP contribution in [-0.4, -0.2) is 44.5 Å². The molecule has 0 spiro atoms. The lowest BCUT2D eigenvalue weighted by Crippen LogP contribution is -2.44. The molecule has 0 aliphatic heterocycles. The number of halogens is 1. The van der Waals surface area contributed by atoms with Crippen molar-refractivity contribution in [1.82, 2.24) is 14.7 Å². The van der Waals surface area contributed by atoms with E-state index in [1.807, 2.05) is 26.8 Å². The average molecular weight is 348 g/mol. The van der Waals surface area contributed by atoms with Gasteiger partial charge in [0.25, 0.3) is 0 Å².